The normalized spacial score (nSPS) is 11.6. The van der Waals surface area contributed by atoms with Gasteiger partial charge in [0.2, 0.25) is 5.91 Å². The Morgan fingerprint density at radius 2 is 1.79 bits per heavy atom. The molecule has 5 heteroatoms. The number of carbonyl (C=O) groups excluding carboxylic acids is 1. The zero-order valence-corrected chi connectivity index (χ0v) is 14.8. The molecule has 2 aromatic rings. The molecular formula is C19H23ClN2O2. The monoisotopic (exact) mass is 346 g/mol. The summed E-state index contributed by atoms with van der Waals surface area (Å²) in [5.74, 6) is 0.770. The molecule has 2 aromatic carbocycles. The number of hydrogen-bond acceptors (Lipinski definition) is 3. The van der Waals surface area contributed by atoms with Crippen LogP contribution in [0.4, 0.5) is 5.69 Å². The molecule has 1 atom stereocenters. The Hall–Kier alpha value is -2.20. The molecule has 0 fully saturated rings. The maximum atomic E-state index is 11.7. The van der Waals surface area contributed by atoms with Gasteiger partial charge in [-0.1, -0.05) is 30.7 Å². The Bertz CT molecular complexity index is 641. The molecule has 128 valence electrons. The summed E-state index contributed by atoms with van der Waals surface area (Å²) in [6.45, 7) is 4.78. The van der Waals surface area contributed by atoms with E-state index in [0.29, 0.717) is 11.6 Å². The summed E-state index contributed by atoms with van der Waals surface area (Å²) in [6.07, 6.45) is 0.922. The summed E-state index contributed by atoms with van der Waals surface area (Å²) >= 11 is 5.86. The van der Waals surface area contributed by atoms with Crippen LogP contribution in [0.3, 0.4) is 0 Å². The summed E-state index contributed by atoms with van der Waals surface area (Å²) in [5.41, 5.74) is 1.94. The molecule has 0 aromatic heterocycles. The van der Waals surface area contributed by atoms with E-state index in [1.807, 2.05) is 62.4 Å². The van der Waals surface area contributed by atoms with Crippen LogP contribution < -0.4 is 15.4 Å². The highest BCUT2D eigenvalue weighted by Gasteiger charge is 2.05. The summed E-state index contributed by atoms with van der Waals surface area (Å²) in [4.78, 5) is 11.7. The van der Waals surface area contributed by atoms with Crippen LogP contribution in [0.2, 0.25) is 5.02 Å². The van der Waals surface area contributed by atoms with Crippen molar-refractivity contribution >= 4 is 23.2 Å². The average molecular weight is 347 g/mol. The van der Waals surface area contributed by atoms with Crippen molar-refractivity contribution in [1.82, 2.24) is 5.32 Å². The van der Waals surface area contributed by atoms with Crippen LogP contribution in [-0.2, 0) is 11.4 Å². The van der Waals surface area contributed by atoms with E-state index in [0.717, 1.165) is 23.4 Å². The van der Waals surface area contributed by atoms with Crippen molar-refractivity contribution < 1.29 is 9.53 Å². The first-order chi connectivity index (χ1) is 11.6. The fourth-order valence-corrected chi connectivity index (χ4v) is 2.15. The molecule has 0 spiro atoms. The number of hydrogen-bond donors (Lipinski definition) is 2. The number of benzene rings is 2. The van der Waals surface area contributed by atoms with Crippen molar-refractivity contribution in [2.24, 2.45) is 0 Å². The Morgan fingerprint density at radius 3 is 2.42 bits per heavy atom. The summed E-state index contributed by atoms with van der Waals surface area (Å²) in [6, 6.07) is 15.3. The number of carbonyl (C=O) groups is 1. The molecule has 2 N–H and O–H groups in total. The minimum absolute atomic E-state index is 0.00702. The van der Waals surface area contributed by atoms with Gasteiger partial charge in [0, 0.05) is 16.8 Å². The zero-order chi connectivity index (χ0) is 17.4. The SMILES string of the molecule is CCC(C)NC(=O)CNc1ccc(OCc2ccc(Cl)cc2)cc1. The lowest BCUT2D eigenvalue weighted by Crippen LogP contribution is -2.36. The van der Waals surface area contributed by atoms with Gasteiger partial charge >= 0.3 is 0 Å². The van der Waals surface area contributed by atoms with Gasteiger partial charge in [0.1, 0.15) is 12.4 Å². The summed E-state index contributed by atoms with van der Waals surface area (Å²) in [5, 5.41) is 6.73. The summed E-state index contributed by atoms with van der Waals surface area (Å²) < 4.78 is 5.73. The minimum Gasteiger partial charge on any atom is -0.489 e. The van der Waals surface area contributed by atoms with E-state index in [4.69, 9.17) is 16.3 Å². The third-order valence-corrected chi connectivity index (χ3v) is 3.90. The van der Waals surface area contributed by atoms with Crippen LogP contribution in [0.15, 0.2) is 48.5 Å². The number of rotatable bonds is 8. The van der Waals surface area contributed by atoms with Gasteiger partial charge < -0.3 is 15.4 Å². The fraction of sp³-hybridized carbons (Fsp3) is 0.316. The van der Waals surface area contributed by atoms with E-state index < -0.39 is 0 Å². The Morgan fingerprint density at radius 1 is 1.12 bits per heavy atom. The van der Waals surface area contributed by atoms with Gasteiger partial charge in [0.15, 0.2) is 0 Å². The fourth-order valence-electron chi connectivity index (χ4n) is 2.03. The lowest BCUT2D eigenvalue weighted by Gasteiger charge is -2.12. The lowest BCUT2D eigenvalue weighted by atomic mass is 10.2. The number of ether oxygens (including phenoxy) is 1. The number of nitrogens with one attached hydrogen (secondary N) is 2. The van der Waals surface area contributed by atoms with Crippen molar-refractivity contribution in [3.8, 4) is 5.75 Å². The molecule has 0 aliphatic heterocycles. The number of amides is 1. The standard InChI is InChI=1S/C19H23ClN2O2/c1-3-14(2)22-19(23)12-21-17-8-10-18(11-9-17)24-13-15-4-6-16(20)7-5-15/h4-11,14,21H,3,12-13H2,1-2H3,(H,22,23). The molecule has 4 nitrogen and oxygen atoms in total. The smallest absolute Gasteiger partial charge is 0.239 e. The highest BCUT2D eigenvalue weighted by atomic mass is 35.5. The molecule has 24 heavy (non-hydrogen) atoms. The quantitative estimate of drug-likeness (QED) is 0.751. The van der Waals surface area contributed by atoms with E-state index in [1.165, 1.54) is 0 Å². The van der Waals surface area contributed by atoms with Crippen LogP contribution in [0.5, 0.6) is 5.75 Å². The molecule has 1 amide bonds. The predicted octanol–water partition coefficient (Wildman–Crippen LogP) is 4.25. The molecule has 0 bridgehead atoms. The van der Waals surface area contributed by atoms with Crippen molar-refractivity contribution in [2.75, 3.05) is 11.9 Å². The maximum Gasteiger partial charge on any atom is 0.239 e. The molecule has 1 unspecified atom stereocenters. The van der Waals surface area contributed by atoms with E-state index in [9.17, 15) is 4.79 Å². The van der Waals surface area contributed by atoms with Crippen LogP contribution in [0.1, 0.15) is 25.8 Å². The zero-order valence-electron chi connectivity index (χ0n) is 14.0. The second-order valence-corrected chi connectivity index (χ2v) is 6.11. The minimum atomic E-state index is -0.00702. The average Bonchev–Trinajstić information content (AvgIpc) is 2.60. The van der Waals surface area contributed by atoms with Crippen LogP contribution in [0, 0.1) is 0 Å². The van der Waals surface area contributed by atoms with E-state index in [2.05, 4.69) is 10.6 Å². The van der Waals surface area contributed by atoms with Crippen molar-refractivity contribution in [1.29, 1.82) is 0 Å². The van der Waals surface area contributed by atoms with E-state index in [-0.39, 0.29) is 18.5 Å². The van der Waals surface area contributed by atoms with Crippen LogP contribution >= 0.6 is 11.6 Å². The largest absolute Gasteiger partial charge is 0.489 e. The second-order valence-electron chi connectivity index (χ2n) is 5.67. The Kier molecular flexibility index (Phi) is 6.94. The van der Waals surface area contributed by atoms with Gasteiger partial charge in [0.25, 0.3) is 0 Å². The molecule has 0 saturated heterocycles. The van der Waals surface area contributed by atoms with Crippen molar-refractivity contribution in [2.45, 2.75) is 32.9 Å². The summed E-state index contributed by atoms with van der Waals surface area (Å²) in [7, 11) is 0. The molecule has 0 aliphatic rings. The topological polar surface area (TPSA) is 50.4 Å². The highest BCUT2D eigenvalue weighted by molar-refractivity contribution is 6.30. The van der Waals surface area contributed by atoms with Crippen LogP contribution in [0.25, 0.3) is 0 Å². The first-order valence-electron chi connectivity index (χ1n) is 8.07. The van der Waals surface area contributed by atoms with E-state index >= 15 is 0 Å². The molecule has 0 aliphatic carbocycles. The third kappa shape index (κ3) is 6.13. The first-order valence-corrected chi connectivity index (χ1v) is 8.45. The molecule has 0 saturated carbocycles. The van der Waals surface area contributed by atoms with Gasteiger partial charge in [-0.25, -0.2) is 0 Å². The lowest BCUT2D eigenvalue weighted by molar-refractivity contribution is -0.120. The number of halogens is 1. The Balaban J connectivity index is 1.78. The first kappa shape index (κ1) is 18.1. The Labute approximate surface area is 148 Å². The highest BCUT2D eigenvalue weighted by Crippen LogP contribution is 2.17. The van der Waals surface area contributed by atoms with Crippen molar-refractivity contribution in [3.05, 3.63) is 59.1 Å². The molecule has 0 heterocycles. The number of anilines is 1. The van der Waals surface area contributed by atoms with Crippen LogP contribution in [-0.4, -0.2) is 18.5 Å². The third-order valence-electron chi connectivity index (χ3n) is 3.65. The molecular weight excluding hydrogens is 324 g/mol. The second kappa shape index (κ2) is 9.18. The van der Waals surface area contributed by atoms with Gasteiger partial charge in [-0.15, -0.1) is 0 Å². The van der Waals surface area contributed by atoms with Gasteiger partial charge in [-0.2, -0.15) is 0 Å². The van der Waals surface area contributed by atoms with Gasteiger partial charge in [-0.05, 0) is 55.3 Å². The van der Waals surface area contributed by atoms with Crippen molar-refractivity contribution in [3.63, 3.8) is 0 Å². The predicted molar refractivity (Wildman–Crippen MR) is 98.6 cm³/mol. The molecule has 0 radical (unpaired) electrons. The maximum absolute atomic E-state index is 11.7. The van der Waals surface area contributed by atoms with Gasteiger partial charge in [-0.3, -0.25) is 4.79 Å². The molecule has 2 rings (SSSR count). The van der Waals surface area contributed by atoms with E-state index in [1.54, 1.807) is 0 Å². The van der Waals surface area contributed by atoms with Gasteiger partial charge in [0.05, 0.1) is 6.54 Å².